The van der Waals surface area contributed by atoms with Crippen LogP contribution in [0, 0.1) is 0 Å². The van der Waals surface area contributed by atoms with Crippen molar-refractivity contribution in [3.05, 3.63) is 28.8 Å². The van der Waals surface area contributed by atoms with Gasteiger partial charge in [-0.25, -0.2) is 0 Å². The second kappa shape index (κ2) is 6.26. The highest BCUT2D eigenvalue weighted by Crippen LogP contribution is 2.25. The SMILES string of the molecule is CNC1CCN(C(=O)c2ccc(Cl)cc2OC)CC1. The van der Waals surface area contributed by atoms with Gasteiger partial charge in [0.1, 0.15) is 5.75 Å². The van der Waals surface area contributed by atoms with E-state index in [9.17, 15) is 4.79 Å². The molecule has 0 saturated carbocycles. The van der Waals surface area contributed by atoms with Crippen LogP contribution in [0.1, 0.15) is 23.2 Å². The van der Waals surface area contributed by atoms with Gasteiger partial charge in [-0.05, 0) is 38.1 Å². The number of nitrogens with zero attached hydrogens (tertiary/aromatic N) is 1. The third-order valence-electron chi connectivity index (χ3n) is 3.58. The third kappa shape index (κ3) is 3.19. The van der Waals surface area contributed by atoms with Gasteiger partial charge in [0.15, 0.2) is 0 Å². The van der Waals surface area contributed by atoms with E-state index in [1.807, 2.05) is 11.9 Å². The molecule has 104 valence electrons. The molecule has 0 aliphatic carbocycles. The average Bonchev–Trinajstić information content (AvgIpc) is 2.46. The Morgan fingerprint density at radius 3 is 2.68 bits per heavy atom. The number of hydrogen-bond donors (Lipinski definition) is 1. The average molecular weight is 283 g/mol. The van der Waals surface area contributed by atoms with Crippen molar-refractivity contribution < 1.29 is 9.53 Å². The number of halogens is 1. The highest BCUT2D eigenvalue weighted by molar-refractivity contribution is 6.30. The van der Waals surface area contributed by atoms with Crippen molar-refractivity contribution in [2.24, 2.45) is 0 Å². The molecule has 0 aromatic heterocycles. The summed E-state index contributed by atoms with van der Waals surface area (Å²) in [4.78, 5) is 14.3. The van der Waals surface area contributed by atoms with Crippen molar-refractivity contribution in [2.75, 3.05) is 27.2 Å². The summed E-state index contributed by atoms with van der Waals surface area (Å²) in [5.74, 6) is 0.552. The number of carbonyl (C=O) groups excluding carboxylic acids is 1. The van der Waals surface area contributed by atoms with Crippen molar-refractivity contribution in [1.82, 2.24) is 10.2 Å². The van der Waals surface area contributed by atoms with E-state index < -0.39 is 0 Å². The summed E-state index contributed by atoms with van der Waals surface area (Å²) in [5.41, 5.74) is 0.579. The molecule has 1 amide bonds. The summed E-state index contributed by atoms with van der Waals surface area (Å²) in [5, 5.41) is 3.82. The van der Waals surface area contributed by atoms with Crippen molar-refractivity contribution in [3.63, 3.8) is 0 Å². The second-order valence-corrected chi connectivity index (χ2v) is 5.14. The lowest BCUT2D eigenvalue weighted by Crippen LogP contribution is -2.44. The number of rotatable bonds is 3. The molecule has 19 heavy (non-hydrogen) atoms. The molecular formula is C14H19ClN2O2. The topological polar surface area (TPSA) is 41.6 Å². The zero-order valence-corrected chi connectivity index (χ0v) is 12.0. The molecule has 1 aromatic carbocycles. The van der Waals surface area contributed by atoms with E-state index in [1.54, 1.807) is 25.3 Å². The van der Waals surface area contributed by atoms with E-state index in [-0.39, 0.29) is 5.91 Å². The smallest absolute Gasteiger partial charge is 0.257 e. The van der Waals surface area contributed by atoms with E-state index in [4.69, 9.17) is 16.3 Å². The maximum atomic E-state index is 12.5. The van der Waals surface area contributed by atoms with Gasteiger partial charge in [0.05, 0.1) is 12.7 Å². The quantitative estimate of drug-likeness (QED) is 0.924. The molecule has 0 atom stereocenters. The van der Waals surface area contributed by atoms with Crippen LogP contribution in [0.15, 0.2) is 18.2 Å². The molecule has 0 spiro atoms. The second-order valence-electron chi connectivity index (χ2n) is 4.70. The van der Waals surface area contributed by atoms with Crippen molar-refractivity contribution in [2.45, 2.75) is 18.9 Å². The molecule has 0 unspecified atom stereocenters. The van der Waals surface area contributed by atoms with Gasteiger partial charge in [0.25, 0.3) is 5.91 Å². The molecular weight excluding hydrogens is 264 g/mol. The highest BCUT2D eigenvalue weighted by Gasteiger charge is 2.24. The van der Waals surface area contributed by atoms with Crippen LogP contribution in [0.25, 0.3) is 0 Å². The summed E-state index contributed by atoms with van der Waals surface area (Å²) in [6.45, 7) is 1.55. The lowest BCUT2D eigenvalue weighted by Gasteiger charge is -2.32. The Morgan fingerprint density at radius 1 is 1.42 bits per heavy atom. The molecule has 1 saturated heterocycles. The minimum absolute atomic E-state index is 0.0167. The zero-order valence-electron chi connectivity index (χ0n) is 11.3. The van der Waals surface area contributed by atoms with Gasteiger partial charge in [-0.15, -0.1) is 0 Å². The molecule has 0 radical (unpaired) electrons. The standard InChI is InChI=1S/C14H19ClN2O2/c1-16-11-5-7-17(8-6-11)14(18)12-4-3-10(15)9-13(12)19-2/h3-4,9,11,16H,5-8H2,1-2H3. The first-order valence-electron chi connectivity index (χ1n) is 6.45. The van der Waals surface area contributed by atoms with Crippen molar-refractivity contribution in [3.8, 4) is 5.75 Å². The summed E-state index contributed by atoms with van der Waals surface area (Å²) in [6, 6.07) is 5.64. The lowest BCUT2D eigenvalue weighted by molar-refractivity contribution is 0.0704. The number of methoxy groups -OCH3 is 1. The van der Waals surface area contributed by atoms with E-state index in [0.29, 0.717) is 22.4 Å². The third-order valence-corrected chi connectivity index (χ3v) is 3.82. The van der Waals surface area contributed by atoms with E-state index in [0.717, 1.165) is 25.9 Å². The number of benzene rings is 1. The van der Waals surface area contributed by atoms with Gasteiger partial charge >= 0.3 is 0 Å². The number of ether oxygens (including phenoxy) is 1. The van der Waals surface area contributed by atoms with E-state index in [1.165, 1.54) is 0 Å². The molecule has 1 aliphatic heterocycles. The predicted molar refractivity (Wildman–Crippen MR) is 76.0 cm³/mol. The predicted octanol–water partition coefficient (Wildman–Crippen LogP) is 2.17. The van der Waals surface area contributed by atoms with E-state index >= 15 is 0 Å². The minimum Gasteiger partial charge on any atom is -0.496 e. The van der Waals surface area contributed by atoms with E-state index in [2.05, 4.69) is 5.32 Å². The van der Waals surface area contributed by atoms with Gasteiger partial charge in [0.2, 0.25) is 0 Å². The minimum atomic E-state index is 0.0167. The fourth-order valence-electron chi connectivity index (χ4n) is 2.38. The summed E-state index contributed by atoms with van der Waals surface area (Å²) in [7, 11) is 3.51. The first kappa shape index (κ1) is 14.2. The number of piperidine rings is 1. The Labute approximate surface area is 118 Å². The summed E-state index contributed by atoms with van der Waals surface area (Å²) >= 11 is 5.91. The van der Waals surface area contributed by atoms with Crippen LogP contribution in [0.3, 0.4) is 0 Å². The first-order chi connectivity index (χ1) is 9.15. The first-order valence-corrected chi connectivity index (χ1v) is 6.83. The molecule has 4 nitrogen and oxygen atoms in total. The highest BCUT2D eigenvalue weighted by atomic mass is 35.5. The van der Waals surface area contributed by atoms with Crippen LogP contribution >= 0.6 is 11.6 Å². The maximum absolute atomic E-state index is 12.5. The van der Waals surface area contributed by atoms with Gasteiger partial charge in [-0.3, -0.25) is 4.79 Å². The number of nitrogens with one attached hydrogen (secondary N) is 1. The Hall–Kier alpha value is -1.26. The molecule has 1 N–H and O–H groups in total. The Morgan fingerprint density at radius 2 is 2.11 bits per heavy atom. The summed E-state index contributed by atoms with van der Waals surface area (Å²) in [6.07, 6.45) is 1.97. The van der Waals surface area contributed by atoms with Crippen LogP contribution in [0.2, 0.25) is 5.02 Å². The van der Waals surface area contributed by atoms with Crippen molar-refractivity contribution >= 4 is 17.5 Å². The zero-order chi connectivity index (χ0) is 13.8. The molecule has 1 heterocycles. The Bertz CT molecular complexity index is 457. The maximum Gasteiger partial charge on any atom is 0.257 e. The fourth-order valence-corrected chi connectivity index (χ4v) is 2.55. The van der Waals surface area contributed by atoms with Gasteiger partial charge in [-0.2, -0.15) is 0 Å². The number of carbonyl (C=O) groups is 1. The van der Waals surface area contributed by atoms with Crippen LogP contribution in [-0.2, 0) is 0 Å². The van der Waals surface area contributed by atoms with Gasteiger partial charge in [0, 0.05) is 24.2 Å². The summed E-state index contributed by atoms with van der Waals surface area (Å²) < 4.78 is 5.24. The number of hydrogen-bond acceptors (Lipinski definition) is 3. The molecule has 0 bridgehead atoms. The van der Waals surface area contributed by atoms with Crippen LogP contribution < -0.4 is 10.1 Å². The number of amides is 1. The monoisotopic (exact) mass is 282 g/mol. The molecule has 1 aromatic rings. The molecule has 1 fully saturated rings. The fraction of sp³-hybridized carbons (Fsp3) is 0.500. The Kier molecular flexibility index (Phi) is 4.66. The molecule has 1 aliphatic rings. The lowest BCUT2D eigenvalue weighted by atomic mass is 10.0. The van der Waals surface area contributed by atoms with Crippen LogP contribution in [0.4, 0.5) is 0 Å². The number of likely N-dealkylation sites (tertiary alicyclic amines) is 1. The molecule has 2 rings (SSSR count). The largest absolute Gasteiger partial charge is 0.496 e. The van der Waals surface area contributed by atoms with Gasteiger partial charge in [-0.1, -0.05) is 11.6 Å². The van der Waals surface area contributed by atoms with Gasteiger partial charge < -0.3 is 15.0 Å². The Balaban J connectivity index is 2.12. The van der Waals surface area contributed by atoms with Crippen molar-refractivity contribution in [1.29, 1.82) is 0 Å². The van der Waals surface area contributed by atoms with Crippen LogP contribution in [0.5, 0.6) is 5.75 Å². The normalized spacial score (nSPS) is 16.5. The molecule has 5 heteroatoms. The van der Waals surface area contributed by atoms with Crippen LogP contribution in [-0.4, -0.2) is 44.1 Å².